The third-order valence-corrected chi connectivity index (χ3v) is 8.09. The molecular formula is C22H32N4OS. The number of anilines is 1. The zero-order valence-electron chi connectivity index (χ0n) is 17.2. The molecular weight excluding hydrogens is 368 g/mol. The Hall–Kier alpha value is -1.24. The lowest BCUT2D eigenvalue weighted by Gasteiger charge is -2.38. The van der Waals surface area contributed by atoms with Crippen molar-refractivity contribution < 1.29 is 4.74 Å². The molecule has 1 unspecified atom stereocenters. The number of fused-ring (bicyclic) bond motifs is 1. The van der Waals surface area contributed by atoms with Crippen LogP contribution in [0.25, 0.3) is 10.2 Å². The first-order chi connectivity index (χ1) is 13.6. The minimum absolute atomic E-state index is 0.125. The number of aromatic nitrogens is 2. The molecule has 0 radical (unpaired) electrons. The predicted molar refractivity (Wildman–Crippen MR) is 115 cm³/mol. The van der Waals surface area contributed by atoms with Gasteiger partial charge in [0.05, 0.1) is 17.5 Å². The lowest BCUT2D eigenvalue weighted by molar-refractivity contribution is -0.0767. The predicted octanol–water partition coefficient (Wildman–Crippen LogP) is 4.81. The number of nitrogens with zero attached hydrogens (tertiary/aromatic N) is 3. The molecule has 0 bridgehead atoms. The topological polar surface area (TPSA) is 50.3 Å². The lowest BCUT2D eigenvalue weighted by atomic mass is 9.89. The lowest BCUT2D eigenvalue weighted by Crippen LogP contribution is -2.42. The summed E-state index contributed by atoms with van der Waals surface area (Å²) in [5.74, 6) is 2.03. The molecule has 2 aromatic heterocycles. The molecule has 2 aliphatic heterocycles. The molecule has 1 aliphatic carbocycles. The molecule has 1 spiro atoms. The summed E-state index contributed by atoms with van der Waals surface area (Å²) in [4.78, 5) is 15.0. The highest BCUT2D eigenvalue weighted by Gasteiger charge is 2.40. The third kappa shape index (κ3) is 3.55. The smallest absolute Gasteiger partial charge is 0.146 e. The van der Waals surface area contributed by atoms with Crippen LogP contribution in [0.15, 0.2) is 0 Å². The number of hydrogen-bond donors (Lipinski definition) is 1. The standard InChI is InChI=1S/C22H32N4OS/c1-15-16(2)28-21-19(15)20(24-18(25-21)14-26-10-5-6-11-26)23-17-7-12-27-22(13-17)8-3-4-9-22/h17H,3-14H2,1-2H3,(H,23,24,25). The van der Waals surface area contributed by atoms with Gasteiger partial charge < -0.3 is 10.1 Å². The van der Waals surface area contributed by atoms with E-state index in [9.17, 15) is 0 Å². The SMILES string of the molecule is Cc1sc2nc(CN3CCCC3)nc(NC3CCOC4(CCCC4)C3)c2c1C. The summed E-state index contributed by atoms with van der Waals surface area (Å²) in [6, 6.07) is 0.448. The molecule has 2 saturated heterocycles. The first-order valence-corrected chi connectivity index (χ1v) is 11.8. The molecule has 28 heavy (non-hydrogen) atoms. The van der Waals surface area contributed by atoms with Crippen LogP contribution < -0.4 is 5.32 Å². The van der Waals surface area contributed by atoms with Crippen LogP contribution in [0, 0.1) is 13.8 Å². The average Bonchev–Trinajstić information content (AvgIpc) is 3.39. The first kappa shape index (κ1) is 18.8. The normalized spacial score (nSPS) is 25.1. The molecule has 1 N–H and O–H groups in total. The molecule has 0 aromatic carbocycles. The van der Waals surface area contributed by atoms with E-state index >= 15 is 0 Å². The van der Waals surface area contributed by atoms with Crippen LogP contribution in [0.3, 0.4) is 0 Å². The quantitative estimate of drug-likeness (QED) is 0.798. The van der Waals surface area contributed by atoms with E-state index in [1.165, 1.54) is 67.4 Å². The number of likely N-dealkylation sites (tertiary alicyclic amines) is 1. The van der Waals surface area contributed by atoms with Crippen molar-refractivity contribution in [1.82, 2.24) is 14.9 Å². The summed E-state index contributed by atoms with van der Waals surface area (Å²) in [7, 11) is 0. The molecule has 3 fully saturated rings. The largest absolute Gasteiger partial charge is 0.375 e. The zero-order valence-corrected chi connectivity index (χ0v) is 18.0. The Morgan fingerprint density at radius 1 is 1.14 bits per heavy atom. The second-order valence-electron chi connectivity index (χ2n) is 9.01. The average molecular weight is 401 g/mol. The van der Waals surface area contributed by atoms with Crippen LogP contribution in [-0.2, 0) is 11.3 Å². The van der Waals surface area contributed by atoms with Crippen molar-refractivity contribution in [2.75, 3.05) is 25.0 Å². The highest BCUT2D eigenvalue weighted by Crippen LogP contribution is 2.41. The molecule has 2 aromatic rings. The monoisotopic (exact) mass is 400 g/mol. The van der Waals surface area contributed by atoms with Crippen molar-refractivity contribution in [2.24, 2.45) is 0 Å². The Kier molecular flexibility index (Phi) is 5.06. The van der Waals surface area contributed by atoms with E-state index in [1.54, 1.807) is 0 Å². The molecule has 5 nitrogen and oxygen atoms in total. The second-order valence-corrected chi connectivity index (χ2v) is 10.2. The van der Waals surface area contributed by atoms with Gasteiger partial charge in [-0.25, -0.2) is 9.97 Å². The minimum atomic E-state index is 0.125. The van der Waals surface area contributed by atoms with E-state index in [4.69, 9.17) is 14.7 Å². The van der Waals surface area contributed by atoms with Gasteiger partial charge in [0.2, 0.25) is 0 Å². The fraction of sp³-hybridized carbons (Fsp3) is 0.727. The number of ether oxygens (including phenoxy) is 1. The van der Waals surface area contributed by atoms with E-state index in [0.29, 0.717) is 6.04 Å². The third-order valence-electron chi connectivity index (χ3n) is 6.99. The Bertz CT molecular complexity index is 852. The van der Waals surface area contributed by atoms with E-state index < -0.39 is 0 Å². The van der Waals surface area contributed by atoms with E-state index in [1.807, 2.05) is 11.3 Å². The van der Waals surface area contributed by atoms with Crippen LogP contribution in [-0.4, -0.2) is 46.2 Å². The summed E-state index contributed by atoms with van der Waals surface area (Å²) < 4.78 is 6.24. The Morgan fingerprint density at radius 3 is 2.71 bits per heavy atom. The van der Waals surface area contributed by atoms with Crippen molar-refractivity contribution in [3.63, 3.8) is 0 Å². The van der Waals surface area contributed by atoms with Crippen molar-refractivity contribution in [3.8, 4) is 0 Å². The summed E-state index contributed by atoms with van der Waals surface area (Å²) in [6.07, 6.45) is 9.85. The molecule has 1 saturated carbocycles. The Morgan fingerprint density at radius 2 is 1.93 bits per heavy atom. The fourth-order valence-corrected chi connectivity index (χ4v) is 6.37. The number of aryl methyl sites for hydroxylation is 2. The van der Waals surface area contributed by atoms with Gasteiger partial charge in [-0.3, -0.25) is 4.90 Å². The van der Waals surface area contributed by atoms with Gasteiger partial charge in [0.1, 0.15) is 16.5 Å². The van der Waals surface area contributed by atoms with Gasteiger partial charge in [0, 0.05) is 17.5 Å². The minimum Gasteiger partial charge on any atom is -0.375 e. The highest BCUT2D eigenvalue weighted by atomic mass is 32.1. The first-order valence-electron chi connectivity index (χ1n) is 11.0. The van der Waals surface area contributed by atoms with Crippen molar-refractivity contribution in [3.05, 3.63) is 16.3 Å². The number of hydrogen-bond acceptors (Lipinski definition) is 6. The van der Waals surface area contributed by atoms with Crippen molar-refractivity contribution in [1.29, 1.82) is 0 Å². The van der Waals surface area contributed by atoms with Gasteiger partial charge in [0.25, 0.3) is 0 Å². The molecule has 152 valence electrons. The molecule has 0 amide bonds. The maximum Gasteiger partial charge on any atom is 0.146 e. The molecule has 6 heteroatoms. The van der Waals surface area contributed by atoms with Crippen LogP contribution in [0.2, 0.25) is 0 Å². The van der Waals surface area contributed by atoms with Gasteiger partial charge >= 0.3 is 0 Å². The van der Waals surface area contributed by atoms with Crippen LogP contribution >= 0.6 is 11.3 Å². The van der Waals surface area contributed by atoms with Crippen LogP contribution in [0.4, 0.5) is 5.82 Å². The Balaban J connectivity index is 1.44. The van der Waals surface area contributed by atoms with Crippen LogP contribution in [0.1, 0.15) is 67.6 Å². The zero-order chi connectivity index (χ0) is 19.1. The Labute approximate surface area is 171 Å². The number of rotatable bonds is 4. The van der Waals surface area contributed by atoms with E-state index in [0.717, 1.165) is 42.5 Å². The van der Waals surface area contributed by atoms with E-state index in [-0.39, 0.29) is 5.60 Å². The molecule has 1 atom stereocenters. The summed E-state index contributed by atoms with van der Waals surface area (Å²) in [5.41, 5.74) is 1.46. The van der Waals surface area contributed by atoms with Gasteiger partial charge in [-0.15, -0.1) is 11.3 Å². The second kappa shape index (κ2) is 7.54. The van der Waals surface area contributed by atoms with Crippen molar-refractivity contribution >= 4 is 27.4 Å². The van der Waals surface area contributed by atoms with Crippen LogP contribution in [0.5, 0.6) is 0 Å². The molecule has 3 aliphatic rings. The highest BCUT2D eigenvalue weighted by molar-refractivity contribution is 7.18. The summed E-state index contributed by atoms with van der Waals surface area (Å²) in [5, 5.41) is 5.09. The number of nitrogens with one attached hydrogen (secondary N) is 1. The maximum atomic E-state index is 6.24. The summed E-state index contributed by atoms with van der Waals surface area (Å²) >= 11 is 1.81. The summed E-state index contributed by atoms with van der Waals surface area (Å²) in [6.45, 7) is 8.51. The fourth-order valence-electron chi connectivity index (χ4n) is 5.32. The van der Waals surface area contributed by atoms with E-state index in [2.05, 4.69) is 24.1 Å². The number of thiophene rings is 1. The van der Waals surface area contributed by atoms with Gasteiger partial charge in [0.15, 0.2) is 0 Å². The molecule has 4 heterocycles. The van der Waals surface area contributed by atoms with Gasteiger partial charge in [-0.1, -0.05) is 12.8 Å². The maximum absolute atomic E-state index is 6.24. The van der Waals surface area contributed by atoms with Gasteiger partial charge in [-0.05, 0) is 71.0 Å². The van der Waals surface area contributed by atoms with Gasteiger partial charge in [-0.2, -0.15) is 0 Å². The van der Waals surface area contributed by atoms with Crippen molar-refractivity contribution in [2.45, 2.75) is 83.4 Å². The molecule has 5 rings (SSSR count).